The fourth-order valence-electron chi connectivity index (χ4n) is 4.64. The molecular weight excluding hydrogens is 336 g/mol. The van der Waals surface area contributed by atoms with E-state index in [1.165, 1.54) is 31.2 Å². The van der Waals surface area contributed by atoms with Gasteiger partial charge in [0.1, 0.15) is 5.75 Å². The maximum Gasteiger partial charge on any atom is 0.222 e. The van der Waals surface area contributed by atoms with E-state index in [0.29, 0.717) is 30.3 Å². The molecule has 150 valence electrons. The molecule has 4 heteroatoms. The van der Waals surface area contributed by atoms with Gasteiger partial charge >= 0.3 is 0 Å². The highest BCUT2D eigenvalue weighted by Gasteiger charge is 2.35. The summed E-state index contributed by atoms with van der Waals surface area (Å²) in [5.74, 6) is 1.77. The number of ether oxygens (including phenoxy) is 1. The van der Waals surface area contributed by atoms with Gasteiger partial charge in [0.05, 0.1) is 7.11 Å². The van der Waals surface area contributed by atoms with Crippen molar-refractivity contribution in [3.05, 3.63) is 29.8 Å². The Morgan fingerprint density at radius 3 is 2.33 bits per heavy atom. The standard InChI is InChI=1S/C23H36N2O2/c1-23(2,3)16-25(12-11-17-5-9-21(27-4)10-6-17)22(26)15-18-13-19-7-8-20(14-18)24-19/h5-6,9-10,18-20,24H,7-8,11-16H2,1-4H3. The minimum Gasteiger partial charge on any atom is -0.497 e. The Morgan fingerprint density at radius 1 is 1.15 bits per heavy atom. The molecule has 0 saturated carbocycles. The third-order valence-electron chi connectivity index (χ3n) is 5.88. The average molecular weight is 373 g/mol. The Morgan fingerprint density at radius 2 is 1.78 bits per heavy atom. The molecule has 2 atom stereocenters. The molecule has 2 bridgehead atoms. The van der Waals surface area contributed by atoms with Crippen molar-refractivity contribution in [1.29, 1.82) is 0 Å². The lowest BCUT2D eigenvalue weighted by molar-refractivity contribution is -0.133. The van der Waals surface area contributed by atoms with Crippen molar-refractivity contribution >= 4 is 5.91 Å². The SMILES string of the molecule is COc1ccc(CCN(CC(C)(C)C)C(=O)CC2CC3CCC(C2)N3)cc1. The Bertz CT molecular complexity index is 608. The summed E-state index contributed by atoms with van der Waals surface area (Å²) in [6.07, 6.45) is 6.53. The van der Waals surface area contributed by atoms with E-state index in [4.69, 9.17) is 4.74 Å². The molecule has 0 aliphatic carbocycles. The van der Waals surface area contributed by atoms with Crippen LogP contribution < -0.4 is 10.1 Å². The molecule has 0 aromatic heterocycles. The maximum atomic E-state index is 13.1. The fourth-order valence-corrected chi connectivity index (χ4v) is 4.64. The van der Waals surface area contributed by atoms with Crippen molar-refractivity contribution in [3.8, 4) is 5.75 Å². The number of hydrogen-bond acceptors (Lipinski definition) is 3. The van der Waals surface area contributed by atoms with E-state index < -0.39 is 0 Å². The number of hydrogen-bond donors (Lipinski definition) is 1. The number of nitrogens with zero attached hydrogens (tertiary/aromatic N) is 1. The summed E-state index contributed by atoms with van der Waals surface area (Å²) in [7, 11) is 1.69. The second kappa shape index (κ2) is 8.64. The van der Waals surface area contributed by atoms with Crippen LogP contribution in [-0.4, -0.2) is 43.1 Å². The molecule has 3 rings (SSSR count). The molecule has 1 aromatic carbocycles. The van der Waals surface area contributed by atoms with E-state index in [0.717, 1.165) is 25.3 Å². The number of benzene rings is 1. The van der Waals surface area contributed by atoms with Gasteiger partial charge in [0.15, 0.2) is 0 Å². The second-order valence-corrected chi connectivity index (χ2v) is 9.65. The summed E-state index contributed by atoms with van der Waals surface area (Å²) in [6, 6.07) is 9.49. The Kier molecular flexibility index (Phi) is 6.46. The maximum absolute atomic E-state index is 13.1. The van der Waals surface area contributed by atoms with Crippen molar-refractivity contribution in [1.82, 2.24) is 10.2 Å². The number of carbonyl (C=O) groups excluding carboxylic acids is 1. The molecule has 2 saturated heterocycles. The van der Waals surface area contributed by atoms with Crippen LogP contribution in [0.25, 0.3) is 0 Å². The normalized spacial score (nSPS) is 24.7. The van der Waals surface area contributed by atoms with Gasteiger partial charge in [-0.25, -0.2) is 0 Å². The first-order chi connectivity index (χ1) is 12.8. The highest BCUT2D eigenvalue weighted by Crippen LogP contribution is 2.33. The smallest absolute Gasteiger partial charge is 0.222 e. The van der Waals surface area contributed by atoms with Gasteiger partial charge in [0, 0.05) is 31.6 Å². The van der Waals surface area contributed by atoms with E-state index >= 15 is 0 Å². The van der Waals surface area contributed by atoms with Gasteiger partial charge in [0.2, 0.25) is 5.91 Å². The Hall–Kier alpha value is -1.55. The van der Waals surface area contributed by atoms with E-state index in [1.807, 2.05) is 12.1 Å². The molecule has 2 heterocycles. The minimum atomic E-state index is 0.114. The highest BCUT2D eigenvalue weighted by atomic mass is 16.5. The van der Waals surface area contributed by atoms with Gasteiger partial charge in [0.25, 0.3) is 0 Å². The van der Waals surface area contributed by atoms with Crippen LogP contribution in [0.4, 0.5) is 0 Å². The molecule has 1 aromatic rings. The van der Waals surface area contributed by atoms with Gasteiger partial charge in [-0.15, -0.1) is 0 Å². The summed E-state index contributed by atoms with van der Waals surface area (Å²) in [6.45, 7) is 8.25. The van der Waals surface area contributed by atoms with Gasteiger partial charge in [-0.05, 0) is 61.1 Å². The molecule has 1 amide bonds. The molecule has 2 aliphatic rings. The van der Waals surface area contributed by atoms with Crippen LogP contribution >= 0.6 is 0 Å². The molecule has 27 heavy (non-hydrogen) atoms. The van der Waals surface area contributed by atoms with Crippen LogP contribution in [0, 0.1) is 11.3 Å². The van der Waals surface area contributed by atoms with Crippen molar-refractivity contribution in [2.24, 2.45) is 11.3 Å². The molecule has 0 spiro atoms. The average Bonchev–Trinajstić information content (AvgIpc) is 2.96. The van der Waals surface area contributed by atoms with Gasteiger partial charge in [-0.3, -0.25) is 4.79 Å². The molecule has 1 N–H and O–H groups in total. The molecule has 4 nitrogen and oxygen atoms in total. The summed E-state index contributed by atoms with van der Waals surface area (Å²) < 4.78 is 5.24. The van der Waals surface area contributed by atoms with Crippen LogP contribution in [0.15, 0.2) is 24.3 Å². The largest absolute Gasteiger partial charge is 0.497 e. The lowest BCUT2D eigenvalue weighted by Crippen LogP contribution is -2.43. The fraction of sp³-hybridized carbons (Fsp3) is 0.696. The first-order valence-corrected chi connectivity index (χ1v) is 10.5. The number of nitrogens with one attached hydrogen (secondary N) is 1. The summed E-state index contributed by atoms with van der Waals surface area (Å²) in [5, 5.41) is 3.68. The quantitative estimate of drug-likeness (QED) is 0.786. The zero-order valence-corrected chi connectivity index (χ0v) is 17.5. The first-order valence-electron chi connectivity index (χ1n) is 10.5. The number of piperidine rings is 1. The third kappa shape index (κ3) is 5.97. The molecule has 0 radical (unpaired) electrons. The van der Waals surface area contributed by atoms with Crippen LogP contribution in [0.3, 0.4) is 0 Å². The second-order valence-electron chi connectivity index (χ2n) is 9.65. The van der Waals surface area contributed by atoms with E-state index in [9.17, 15) is 4.79 Å². The summed E-state index contributed by atoms with van der Waals surface area (Å²) in [5.41, 5.74) is 1.37. The van der Waals surface area contributed by atoms with Crippen molar-refractivity contribution < 1.29 is 9.53 Å². The topological polar surface area (TPSA) is 41.6 Å². The van der Waals surface area contributed by atoms with E-state index in [1.54, 1.807) is 7.11 Å². The van der Waals surface area contributed by atoms with Crippen molar-refractivity contribution in [3.63, 3.8) is 0 Å². The van der Waals surface area contributed by atoms with Crippen molar-refractivity contribution in [2.75, 3.05) is 20.2 Å². The van der Waals surface area contributed by atoms with Crippen LogP contribution in [-0.2, 0) is 11.2 Å². The number of fused-ring (bicyclic) bond motifs is 2. The Balaban J connectivity index is 1.58. The lowest BCUT2D eigenvalue weighted by atomic mass is 9.88. The number of carbonyl (C=O) groups is 1. The van der Waals surface area contributed by atoms with Gasteiger partial charge in [-0.2, -0.15) is 0 Å². The predicted molar refractivity (Wildman–Crippen MR) is 110 cm³/mol. The first kappa shape index (κ1) is 20.2. The summed E-state index contributed by atoms with van der Waals surface area (Å²) >= 11 is 0. The Labute approximate surface area is 164 Å². The third-order valence-corrected chi connectivity index (χ3v) is 5.88. The van der Waals surface area contributed by atoms with Gasteiger partial charge < -0.3 is 15.0 Å². The van der Waals surface area contributed by atoms with E-state index in [2.05, 4.69) is 43.1 Å². The number of methoxy groups -OCH3 is 1. The van der Waals surface area contributed by atoms with Crippen molar-refractivity contribution in [2.45, 2.75) is 71.4 Å². The molecular formula is C23H36N2O2. The zero-order chi connectivity index (χ0) is 19.4. The molecule has 2 aliphatic heterocycles. The highest BCUT2D eigenvalue weighted by molar-refractivity contribution is 5.76. The monoisotopic (exact) mass is 372 g/mol. The zero-order valence-electron chi connectivity index (χ0n) is 17.5. The van der Waals surface area contributed by atoms with Crippen LogP contribution in [0.5, 0.6) is 5.75 Å². The summed E-state index contributed by atoms with van der Waals surface area (Å²) in [4.78, 5) is 15.2. The lowest BCUT2D eigenvalue weighted by Gasteiger charge is -2.33. The number of amides is 1. The predicted octanol–water partition coefficient (Wildman–Crippen LogP) is 4.03. The van der Waals surface area contributed by atoms with Crippen LogP contribution in [0.2, 0.25) is 0 Å². The van der Waals surface area contributed by atoms with Gasteiger partial charge in [-0.1, -0.05) is 32.9 Å². The minimum absolute atomic E-state index is 0.114. The molecule has 2 unspecified atom stereocenters. The number of rotatable bonds is 7. The van der Waals surface area contributed by atoms with E-state index in [-0.39, 0.29) is 5.41 Å². The molecule has 2 fully saturated rings. The van der Waals surface area contributed by atoms with Crippen LogP contribution in [0.1, 0.15) is 58.4 Å².